The molecule has 0 amide bonds. The number of aromatic nitrogens is 1. The number of aromatic amines is 1. The van der Waals surface area contributed by atoms with Gasteiger partial charge < -0.3 is 10.1 Å². The summed E-state index contributed by atoms with van der Waals surface area (Å²) in [6.45, 7) is 0. The van der Waals surface area contributed by atoms with Crippen LogP contribution in [0.5, 0.6) is 5.75 Å². The standard InChI is InChI=1S/C15H11NO2S/c17-13-11-8-4-5-9-12(11)16-15(18)14(13)19-10-6-2-1-3-7-10/h1-9H,(H2,16,17,18). The van der Waals surface area contributed by atoms with E-state index in [1.807, 2.05) is 42.5 Å². The average molecular weight is 269 g/mol. The van der Waals surface area contributed by atoms with Crippen molar-refractivity contribution in [2.24, 2.45) is 0 Å². The largest absolute Gasteiger partial charge is 0.506 e. The van der Waals surface area contributed by atoms with Crippen molar-refractivity contribution in [2.75, 3.05) is 0 Å². The normalized spacial score (nSPS) is 10.7. The zero-order valence-corrected chi connectivity index (χ0v) is 10.8. The Morgan fingerprint density at radius 1 is 0.947 bits per heavy atom. The predicted molar refractivity (Wildman–Crippen MR) is 76.8 cm³/mol. The highest BCUT2D eigenvalue weighted by atomic mass is 32.2. The van der Waals surface area contributed by atoms with Crippen molar-refractivity contribution in [3.63, 3.8) is 0 Å². The van der Waals surface area contributed by atoms with Gasteiger partial charge in [0, 0.05) is 10.3 Å². The molecule has 0 aliphatic rings. The SMILES string of the molecule is O=c1[nH]c2ccccc2c(O)c1Sc1ccccc1. The van der Waals surface area contributed by atoms with Gasteiger partial charge in [-0.05, 0) is 24.3 Å². The Labute approximate surface area is 113 Å². The summed E-state index contributed by atoms with van der Waals surface area (Å²) < 4.78 is 0. The van der Waals surface area contributed by atoms with Gasteiger partial charge in [0.2, 0.25) is 0 Å². The molecular formula is C15H11NO2S. The van der Waals surface area contributed by atoms with E-state index in [1.54, 1.807) is 12.1 Å². The maximum absolute atomic E-state index is 12.0. The highest BCUT2D eigenvalue weighted by molar-refractivity contribution is 7.99. The van der Waals surface area contributed by atoms with E-state index in [4.69, 9.17) is 0 Å². The van der Waals surface area contributed by atoms with E-state index in [-0.39, 0.29) is 11.3 Å². The number of H-pyrrole nitrogens is 1. The molecule has 2 aromatic carbocycles. The summed E-state index contributed by atoms with van der Waals surface area (Å²) in [6.07, 6.45) is 0. The topological polar surface area (TPSA) is 53.1 Å². The van der Waals surface area contributed by atoms with E-state index >= 15 is 0 Å². The zero-order chi connectivity index (χ0) is 13.2. The second kappa shape index (κ2) is 4.82. The molecule has 1 aromatic heterocycles. The van der Waals surface area contributed by atoms with Gasteiger partial charge in [-0.3, -0.25) is 4.79 Å². The lowest BCUT2D eigenvalue weighted by Gasteiger charge is -2.06. The quantitative estimate of drug-likeness (QED) is 0.749. The molecule has 3 nitrogen and oxygen atoms in total. The summed E-state index contributed by atoms with van der Waals surface area (Å²) in [5.41, 5.74) is 0.368. The van der Waals surface area contributed by atoms with Gasteiger partial charge >= 0.3 is 0 Å². The van der Waals surface area contributed by atoms with Crippen molar-refractivity contribution < 1.29 is 5.11 Å². The van der Waals surface area contributed by atoms with Gasteiger partial charge in [0.15, 0.2) is 0 Å². The molecule has 19 heavy (non-hydrogen) atoms. The molecule has 0 spiro atoms. The number of benzene rings is 2. The first-order chi connectivity index (χ1) is 9.25. The highest BCUT2D eigenvalue weighted by Crippen LogP contribution is 2.35. The molecule has 0 bridgehead atoms. The van der Waals surface area contributed by atoms with Crippen LogP contribution in [0.4, 0.5) is 0 Å². The number of pyridine rings is 1. The first-order valence-electron chi connectivity index (χ1n) is 5.82. The molecule has 0 atom stereocenters. The van der Waals surface area contributed by atoms with Crippen molar-refractivity contribution in [3.8, 4) is 5.75 Å². The summed E-state index contributed by atoms with van der Waals surface area (Å²) >= 11 is 1.26. The van der Waals surface area contributed by atoms with Crippen LogP contribution in [0.15, 0.2) is 69.2 Å². The number of nitrogens with one attached hydrogen (secondary N) is 1. The molecule has 0 aliphatic heterocycles. The van der Waals surface area contributed by atoms with Crippen molar-refractivity contribution in [2.45, 2.75) is 9.79 Å². The lowest BCUT2D eigenvalue weighted by molar-refractivity contribution is 0.467. The van der Waals surface area contributed by atoms with Crippen molar-refractivity contribution in [1.29, 1.82) is 0 Å². The number of para-hydroxylation sites is 1. The Balaban J connectivity index is 2.16. The second-order valence-electron chi connectivity index (χ2n) is 4.09. The Kier molecular flexibility index (Phi) is 3.01. The molecule has 0 fully saturated rings. The molecule has 0 aliphatic carbocycles. The van der Waals surface area contributed by atoms with Crippen LogP contribution in [0.25, 0.3) is 10.9 Å². The fourth-order valence-electron chi connectivity index (χ4n) is 1.91. The maximum Gasteiger partial charge on any atom is 0.266 e. The molecule has 2 N–H and O–H groups in total. The fourth-order valence-corrected chi connectivity index (χ4v) is 2.79. The van der Waals surface area contributed by atoms with Crippen LogP contribution in [0.2, 0.25) is 0 Å². The molecular weight excluding hydrogens is 258 g/mol. The molecule has 0 saturated carbocycles. The summed E-state index contributed by atoms with van der Waals surface area (Å²) in [6, 6.07) is 16.7. The van der Waals surface area contributed by atoms with E-state index in [9.17, 15) is 9.90 Å². The van der Waals surface area contributed by atoms with E-state index < -0.39 is 0 Å². The molecule has 94 valence electrons. The van der Waals surface area contributed by atoms with Crippen LogP contribution in [0.3, 0.4) is 0 Å². The van der Waals surface area contributed by atoms with Crippen LogP contribution >= 0.6 is 11.8 Å². The molecule has 1 heterocycles. The van der Waals surface area contributed by atoms with Crippen LogP contribution in [0.1, 0.15) is 0 Å². The number of fused-ring (bicyclic) bond motifs is 1. The van der Waals surface area contributed by atoms with Crippen molar-refractivity contribution in [1.82, 2.24) is 4.98 Å². The third-order valence-corrected chi connectivity index (χ3v) is 3.91. The molecule has 3 aromatic rings. The van der Waals surface area contributed by atoms with E-state index in [1.165, 1.54) is 11.8 Å². The van der Waals surface area contributed by atoms with Gasteiger partial charge in [-0.15, -0.1) is 0 Å². The van der Waals surface area contributed by atoms with Crippen molar-refractivity contribution in [3.05, 3.63) is 65.0 Å². The summed E-state index contributed by atoms with van der Waals surface area (Å²) in [7, 11) is 0. The third kappa shape index (κ3) is 2.22. The van der Waals surface area contributed by atoms with Gasteiger partial charge in [0.25, 0.3) is 5.56 Å². The molecule has 0 saturated heterocycles. The number of hydrogen-bond donors (Lipinski definition) is 2. The van der Waals surface area contributed by atoms with Crippen LogP contribution < -0.4 is 5.56 Å². The third-order valence-electron chi connectivity index (χ3n) is 2.81. The monoisotopic (exact) mass is 269 g/mol. The van der Waals surface area contributed by atoms with Crippen LogP contribution in [0, 0.1) is 0 Å². The van der Waals surface area contributed by atoms with E-state index in [2.05, 4.69) is 4.98 Å². The van der Waals surface area contributed by atoms with Gasteiger partial charge in [-0.2, -0.15) is 0 Å². The van der Waals surface area contributed by atoms with Crippen LogP contribution in [-0.2, 0) is 0 Å². The number of hydrogen-bond acceptors (Lipinski definition) is 3. The van der Waals surface area contributed by atoms with Crippen molar-refractivity contribution >= 4 is 22.7 Å². The zero-order valence-electron chi connectivity index (χ0n) is 9.96. The van der Waals surface area contributed by atoms with E-state index in [0.29, 0.717) is 15.8 Å². The fraction of sp³-hybridized carbons (Fsp3) is 0. The predicted octanol–water partition coefficient (Wildman–Crippen LogP) is 3.38. The Morgan fingerprint density at radius 2 is 1.63 bits per heavy atom. The Morgan fingerprint density at radius 3 is 2.42 bits per heavy atom. The highest BCUT2D eigenvalue weighted by Gasteiger charge is 2.12. The second-order valence-corrected chi connectivity index (χ2v) is 5.18. The first kappa shape index (κ1) is 11.9. The average Bonchev–Trinajstić information content (AvgIpc) is 2.45. The summed E-state index contributed by atoms with van der Waals surface area (Å²) in [4.78, 5) is 16.0. The maximum atomic E-state index is 12.0. The summed E-state index contributed by atoms with van der Waals surface area (Å²) in [5, 5.41) is 10.9. The molecule has 0 radical (unpaired) electrons. The minimum atomic E-state index is -0.273. The first-order valence-corrected chi connectivity index (χ1v) is 6.64. The number of rotatable bonds is 2. The lowest BCUT2D eigenvalue weighted by Crippen LogP contribution is -2.08. The lowest BCUT2D eigenvalue weighted by atomic mass is 10.2. The molecule has 4 heteroatoms. The van der Waals surface area contributed by atoms with Gasteiger partial charge in [0.05, 0.1) is 5.52 Å². The smallest absolute Gasteiger partial charge is 0.266 e. The minimum absolute atomic E-state index is 0.0354. The van der Waals surface area contributed by atoms with E-state index in [0.717, 1.165) is 4.90 Å². The van der Waals surface area contributed by atoms with Gasteiger partial charge in [-0.1, -0.05) is 42.1 Å². The number of aromatic hydroxyl groups is 1. The van der Waals surface area contributed by atoms with Gasteiger partial charge in [0.1, 0.15) is 10.6 Å². The summed E-state index contributed by atoms with van der Waals surface area (Å²) in [5.74, 6) is 0.0354. The Hall–Kier alpha value is -2.20. The van der Waals surface area contributed by atoms with Crippen LogP contribution in [-0.4, -0.2) is 10.1 Å². The molecule has 0 unspecified atom stereocenters. The molecule has 3 rings (SSSR count). The Bertz CT molecular complexity index is 781. The minimum Gasteiger partial charge on any atom is -0.506 e. The van der Waals surface area contributed by atoms with Gasteiger partial charge in [-0.25, -0.2) is 0 Å².